The Morgan fingerprint density at radius 3 is 0.864 bits per heavy atom. The average Bonchev–Trinajstić information content (AvgIpc) is 3.05. The molecule has 0 spiro atoms. The molecular weight excluding hydrogens is 546 g/mol. The predicted molar refractivity (Wildman–Crippen MR) is 200 cm³/mol. The summed E-state index contributed by atoms with van der Waals surface area (Å²) in [7, 11) is -0.775. The van der Waals surface area contributed by atoms with Crippen molar-refractivity contribution in [2.24, 2.45) is 0 Å². The zero-order chi connectivity index (χ0) is 31.0. The molecule has 0 atom stereocenters. The monoisotopic (exact) mass is 590 g/mol. The van der Waals surface area contributed by atoms with Crippen LogP contribution in [0, 0.1) is 13.8 Å². The Balaban J connectivity index is 0.000000182. The van der Waals surface area contributed by atoms with Gasteiger partial charge in [-0.15, -0.1) is 0 Å². The van der Waals surface area contributed by atoms with E-state index in [1.807, 2.05) is 0 Å². The van der Waals surface area contributed by atoms with Crippen LogP contribution in [0.5, 0.6) is 0 Å². The van der Waals surface area contributed by atoms with E-state index in [0.717, 1.165) is 0 Å². The number of rotatable bonds is 6. The highest BCUT2D eigenvalue weighted by Gasteiger charge is 2.37. The molecular formula is C42H44BP. The molecule has 0 saturated carbocycles. The zero-order valence-corrected chi connectivity index (χ0v) is 27.7. The highest BCUT2D eigenvalue weighted by Crippen LogP contribution is 2.48. The summed E-state index contributed by atoms with van der Waals surface area (Å²) in [5.41, 5.74) is 8.21. The van der Waals surface area contributed by atoms with Crippen molar-refractivity contribution in [3.63, 3.8) is 0 Å². The number of benzene rings is 6. The third kappa shape index (κ3) is 6.65. The van der Waals surface area contributed by atoms with Gasteiger partial charge in [-0.25, -0.2) is 0 Å². The minimum atomic E-state index is -1.22. The standard InChI is InChI=1S/C24H20B.C18H23P/c1-5-13-21(14-6-1)25(22-15-7-2-8-16-22,23-17-9-3-10-18-23)24-19-11-4-12-20-24;1-14-10-6-8-12-16(14)19(18(3,4)5)17-13-9-7-11-15(17)2/h1-20H;6-13H,1-5H3/q-1;/p+1. The number of hydrogen-bond donors (Lipinski definition) is 0. The molecule has 0 aromatic heterocycles. The summed E-state index contributed by atoms with van der Waals surface area (Å²) >= 11 is 0. The van der Waals surface area contributed by atoms with E-state index in [2.05, 4.69) is 204 Å². The first-order valence-corrected chi connectivity index (χ1v) is 17.2. The number of aryl methyl sites for hydroxylation is 2. The molecule has 6 rings (SSSR count). The second kappa shape index (κ2) is 14.1. The second-order valence-electron chi connectivity index (χ2n) is 12.8. The van der Waals surface area contributed by atoms with E-state index in [0.29, 0.717) is 5.16 Å². The summed E-state index contributed by atoms with van der Waals surface area (Å²) in [6.45, 7) is 11.6. The molecule has 0 aliphatic heterocycles. The minimum Gasteiger partial charge on any atom is -0.195 e. The Labute approximate surface area is 266 Å². The fourth-order valence-corrected chi connectivity index (χ4v) is 10.2. The first kappa shape index (κ1) is 31.2. The maximum Gasteiger partial charge on any atom is 0.108 e. The van der Waals surface area contributed by atoms with E-state index >= 15 is 0 Å². The molecule has 0 radical (unpaired) electrons. The SMILES string of the molecule is Cc1ccccc1[PH+](c1ccccc1C)C(C)(C)C.c1ccc([B-](c2ccccc2)(c2ccccc2)c2ccccc2)cc1. The molecule has 220 valence electrons. The van der Waals surface area contributed by atoms with E-state index in [1.54, 1.807) is 10.6 Å². The van der Waals surface area contributed by atoms with Crippen molar-refractivity contribution < 1.29 is 0 Å². The molecule has 0 amide bonds. The number of hydrogen-bond acceptors (Lipinski definition) is 0. The third-order valence-electron chi connectivity index (χ3n) is 8.78. The largest absolute Gasteiger partial charge is 0.195 e. The van der Waals surface area contributed by atoms with E-state index in [-0.39, 0.29) is 0 Å². The molecule has 0 nitrogen and oxygen atoms in total. The topological polar surface area (TPSA) is 0 Å². The molecule has 6 aromatic carbocycles. The van der Waals surface area contributed by atoms with E-state index in [9.17, 15) is 0 Å². The molecule has 0 N–H and O–H groups in total. The molecule has 2 heteroatoms. The van der Waals surface area contributed by atoms with Crippen molar-refractivity contribution in [2.45, 2.75) is 39.8 Å². The fourth-order valence-electron chi connectivity index (χ4n) is 6.78. The van der Waals surface area contributed by atoms with Crippen LogP contribution in [-0.4, -0.2) is 11.3 Å². The summed E-state index contributed by atoms with van der Waals surface area (Å²) < 4.78 is 0. The molecule has 0 aliphatic rings. The van der Waals surface area contributed by atoms with Crippen LogP contribution < -0.4 is 32.5 Å². The lowest BCUT2D eigenvalue weighted by Crippen LogP contribution is -2.74. The van der Waals surface area contributed by atoms with Crippen LogP contribution in [0.25, 0.3) is 0 Å². The molecule has 0 saturated heterocycles. The van der Waals surface area contributed by atoms with E-state index in [1.165, 1.54) is 33.0 Å². The lowest BCUT2D eigenvalue weighted by Gasteiger charge is -2.44. The first-order chi connectivity index (χ1) is 21.3. The van der Waals surface area contributed by atoms with Gasteiger partial charge in [0.25, 0.3) is 0 Å². The van der Waals surface area contributed by atoms with Gasteiger partial charge in [-0.05, 0) is 57.9 Å². The molecule has 0 heterocycles. The van der Waals surface area contributed by atoms with Crippen LogP contribution in [-0.2, 0) is 0 Å². The molecule has 0 fully saturated rings. The molecule has 44 heavy (non-hydrogen) atoms. The molecule has 0 aliphatic carbocycles. The Morgan fingerprint density at radius 1 is 0.364 bits per heavy atom. The molecule has 0 bridgehead atoms. The van der Waals surface area contributed by atoms with E-state index in [4.69, 9.17) is 0 Å². The molecule has 0 unspecified atom stereocenters. The van der Waals surface area contributed by atoms with Gasteiger partial charge >= 0.3 is 0 Å². The summed E-state index contributed by atoms with van der Waals surface area (Å²) in [5, 5.41) is 3.41. The Kier molecular flexibility index (Phi) is 9.99. The quantitative estimate of drug-likeness (QED) is 0.141. The van der Waals surface area contributed by atoms with Crippen LogP contribution in [0.2, 0.25) is 0 Å². The maximum atomic E-state index is 2.38. The lowest BCUT2D eigenvalue weighted by molar-refractivity contribution is 0.793. The van der Waals surface area contributed by atoms with Crippen molar-refractivity contribution in [3.05, 3.63) is 181 Å². The lowest BCUT2D eigenvalue weighted by atomic mass is 9.13. The van der Waals surface area contributed by atoms with Crippen LogP contribution >= 0.6 is 7.92 Å². The van der Waals surface area contributed by atoms with Gasteiger partial charge in [0.1, 0.15) is 16.8 Å². The summed E-state index contributed by atoms with van der Waals surface area (Å²) in [6.07, 6.45) is -1.22. The fraction of sp³-hybridized carbons (Fsp3) is 0.143. The highest BCUT2D eigenvalue weighted by molar-refractivity contribution is 7.74. The summed E-state index contributed by atoms with van der Waals surface area (Å²) in [6, 6.07) is 61.3. The van der Waals surface area contributed by atoms with Gasteiger partial charge < -0.3 is 0 Å². The van der Waals surface area contributed by atoms with Gasteiger partial charge in [-0.2, -0.15) is 21.9 Å². The van der Waals surface area contributed by atoms with Crippen LogP contribution in [0.1, 0.15) is 31.9 Å². The Hall–Kier alpha value is -4.19. The normalized spacial score (nSPS) is 11.5. The zero-order valence-electron chi connectivity index (χ0n) is 26.7. The van der Waals surface area contributed by atoms with Gasteiger partial charge in [0, 0.05) is 0 Å². The van der Waals surface area contributed by atoms with Crippen LogP contribution in [0.4, 0.5) is 0 Å². The predicted octanol–water partition coefficient (Wildman–Crippen LogP) is 7.33. The van der Waals surface area contributed by atoms with Gasteiger partial charge in [0.05, 0.1) is 13.1 Å². The van der Waals surface area contributed by atoms with Crippen LogP contribution in [0.15, 0.2) is 170 Å². The van der Waals surface area contributed by atoms with E-state index < -0.39 is 14.1 Å². The average molecular weight is 591 g/mol. The molecule has 6 aromatic rings. The van der Waals surface area contributed by atoms with Crippen molar-refractivity contribution in [1.29, 1.82) is 0 Å². The second-order valence-corrected chi connectivity index (χ2v) is 16.1. The maximum absolute atomic E-state index is 2.38. The smallest absolute Gasteiger partial charge is 0.108 e. The van der Waals surface area contributed by atoms with Gasteiger partial charge in [0.15, 0.2) is 0 Å². The minimum absolute atomic E-state index is 0.308. The Morgan fingerprint density at radius 2 is 0.614 bits per heavy atom. The highest BCUT2D eigenvalue weighted by atomic mass is 31.1. The first-order valence-electron chi connectivity index (χ1n) is 15.7. The van der Waals surface area contributed by atoms with Crippen molar-refractivity contribution >= 4 is 46.5 Å². The van der Waals surface area contributed by atoms with Gasteiger partial charge in [-0.3, -0.25) is 0 Å². The van der Waals surface area contributed by atoms with Crippen LogP contribution in [0.3, 0.4) is 0 Å². The summed E-state index contributed by atoms with van der Waals surface area (Å²) in [4.78, 5) is 0. The van der Waals surface area contributed by atoms with Crippen molar-refractivity contribution in [3.8, 4) is 0 Å². The van der Waals surface area contributed by atoms with Crippen molar-refractivity contribution in [1.82, 2.24) is 0 Å². The van der Waals surface area contributed by atoms with Gasteiger partial charge in [0.2, 0.25) is 0 Å². The third-order valence-corrected chi connectivity index (χ3v) is 12.5. The van der Waals surface area contributed by atoms with Gasteiger partial charge in [-0.1, -0.05) is 158 Å². The Bertz CT molecular complexity index is 1530. The van der Waals surface area contributed by atoms with Crippen molar-refractivity contribution in [2.75, 3.05) is 0 Å². The summed E-state index contributed by atoms with van der Waals surface area (Å²) in [5.74, 6) is 0.